The molecule has 3 rings (SSSR count). The van der Waals surface area contributed by atoms with Crippen molar-refractivity contribution in [2.24, 2.45) is 13.0 Å². The summed E-state index contributed by atoms with van der Waals surface area (Å²) < 4.78 is 1.76. The van der Waals surface area contributed by atoms with Crippen molar-refractivity contribution in [1.82, 2.24) is 25.0 Å². The van der Waals surface area contributed by atoms with Gasteiger partial charge in [0.15, 0.2) is 5.65 Å². The number of carbonyl (C=O) groups excluding carboxylic acids is 1. The van der Waals surface area contributed by atoms with Crippen LogP contribution in [0.25, 0.3) is 11.0 Å². The molecule has 0 aliphatic heterocycles. The number of rotatable bonds is 5. The fourth-order valence-corrected chi connectivity index (χ4v) is 3.21. The Labute approximate surface area is 136 Å². The quantitative estimate of drug-likeness (QED) is 0.911. The van der Waals surface area contributed by atoms with E-state index < -0.39 is 0 Å². The van der Waals surface area contributed by atoms with Gasteiger partial charge in [-0.25, -0.2) is 4.98 Å². The third kappa shape index (κ3) is 3.08. The Bertz CT molecular complexity index is 743. The molecule has 1 aliphatic carbocycles. The molecule has 124 valence electrons. The Morgan fingerprint density at radius 2 is 2.09 bits per heavy atom. The summed E-state index contributed by atoms with van der Waals surface area (Å²) in [4.78, 5) is 19.4. The Morgan fingerprint density at radius 3 is 2.70 bits per heavy atom. The molecule has 0 bridgehead atoms. The van der Waals surface area contributed by atoms with E-state index in [9.17, 15) is 4.79 Å². The highest BCUT2D eigenvalue weighted by atomic mass is 16.1. The summed E-state index contributed by atoms with van der Waals surface area (Å²) in [6, 6.07) is 2.33. The van der Waals surface area contributed by atoms with Crippen molar-refractivity contribution in [2.75, 3.05) is 20.6 Å². The highest BCUT2D eigenvalue weighted by Crippen LogP contribution is 2.34. The lowest BCUT2D eigenvalue weighted by molar-refractivity contribution is 0.0938. The van der Waals surface area contributed by atoms with Crippen molar-refractivity contribution in [2.45, 2.75) is 32.7 Å². The first kappa shape index (κ1) is 15.9. The summed E-state index contributed by atoms with van der Waals surface area (Å²) in [7, 11) is 6.03. The van der Waals surface area contributed by atoms with E-state index in [-0.39, 0.29) is 5.91 Å². The van der Waals surface area contributed by atoms with Gasteiger partial charge >= 0.3 is 0 Å². The van der Waals surface area contributed by atoms with Gasteiger partial charge in [-0.15, -0.1) is 0 Å². The van der Waals surface area contributed by atoms with Crippen molar-refractivity contribution in [3.05, 3.63) is 23.0 Å². The van der Waals surface area contributed by atoms with E-state index in [0.29, 0.717) is 24.1 Å². The maximum Gasteiger partial charge on any atom is 0.253 e. The summed E-state index contributed by atoms with van der Waals surface area (Å²) in [5, 5.41) is 8.40. The molecule has 6 nitrogen and oxygen atoms in total. The number of hydrogen-bond donors (Lipinski definition) is 1. The molecular weight excluding hydrogens is 290 g/mol. The van der Waals surface area contributed by atoms with Crippen LogP contribution in [-0.2, 0) is 7.05 Å². The Kier molecular flexibility index (Phi) is 4.10. The molecule has 0 saturated heterocycles. The summed E-state index contributed by atoms with van der Waals surface area (Å²) in [6.07, 6.45) is 2.53. The lowest BCUT2D eigenvalue weighted by atomic mass is 10.1. The van der Waals surface area contributed by atoms with Gasteiger partial charge in [-0.3, -0.25) is 9.48 Å². The molecule has 0 spiro atoms. The molecule has 1 saturated carbocycles. The fraction of sp³-hybridized carbons (Fsp3) is 0.588. The molecule has 2 aromatic heterocycles. The van der Waals surface area contributed by atoms with Crippen LogP contribution in [0, 0.1) is 19.8 Å². The van der Waals surface area contributed by atoms with Crippen LogP contribution < -0.4 is 5.32 Å². The fourth-order valence-electron chi connectivity index (χ4n) is 3.21. The Balaban J connectivity index is 1.80. The zero-order valence-electron chi connectivity index (χ0n) is 14.6. The lowest BCUT2D eigenvalue weighted by Gasteiger charge is -2.24. The minimum absolute atomic E-state index is 0.0485. The van der Waals surface area contributed by atoms with E-state index in [1.54, 1.807) is 4.68 Å². The molecule has 0 aromatic carbocycles. The summed E-state index contributed by atoms with van der Waals surface area (Å²) >= 11 is 0. The van der Waals surface area contributed by atoms with E-state index in [0.717, 1.165) is 22.4 Å². The molecule has 1 fully saturated rings. The van der Waals surface area contributed by atoms with Crippen molar-refractivity contribution in [3.8, 4) is 0 Å². The van der Waals surface area contributed by atoms with Gasteiger partial charge in [0.2, 0.25) is 0 Å². The summed E-state index contributed by atoms with van der Waals surface area (Å²) in [5.74, 6) is 0.667. The second-order valence-electron chi connectivity index (χ2n) is 6.78. The predicted octanol–water partition coefficient (Wildman–Crippen LogP) is 1.66. The molecule has 0 radical (unpaired) electrons. The van der Waals surface area contributed by atoms with Gasteiger partial charge in [0.1, 0.15) is 0 Å². The topological polar surface area (TPSA) is 63.1 Å². The zero-order valence-corrected chi connectivity index (χ0v) is 14.6. The molecule has 1 amide bonds. The molecule has 23 heavy (non-hydrogen) atoms. The number of nitrogens with one attached hydrogen (secondary N) is 1. The first-order chi connectivity index (χ1) is 10.9. The second kappa shape index (κ2) is 5.92. The number of likely N-dealkylation sites (N-methyl/N-ethyl adjacent to an activating group) is 1. The van der Waals surface area contributed by atoms with Gasteiger partial charge in [0.25, 0.3) is 5.91 Å². The number of pyridine rings is 1. The van der Waals surface area contributed by atoms with Crippen molar-refractivity contribution >= 4 is 16.9 Å². The Hall–Kier alpha value is -1.95. The second-order valence-corrected chi connectivity index (χ2v) is 6.78. The first-order valence-corrected chi connectivity index (χ1v) is 8.14. The van der Waals surface area contributed by atoms with Crippen molar-refractivity contribution in [3.63, 3.8) is 0 Å². The normalized spacial score (nSPS) is 16.1. The maximum absolute atomic E-state index is 12.6. The van der Waals surface area contributed by atoms with Crippen LogP contribution in [0.4, 0.5) is 0 Å². The molecule has 1 N–H and O–H groups in total. The number of carbonyl (C=O) groups is 1. The number of fused-ring (bicyclic) bond motifs is 1. The van der Waals surface area contributed by atoms with Gasteiger partial charge in [-0.2, -0.15) is 5.10 Å². The van der Waals surface area contributed by atoms with E-state index in [4.69, 9.17) is 0 Å². The van der Waals surface area contributed by atoms with Crippen molar-refractivity contribution in [1.29, 1.82) is 0 Å². The summed E-state index contributed by atoms with van der Waals surface area (Å²) in [6.45, 7) is 4.50. The van der Waals surface area contributed by atoms with Gasteiger partial charge < -0.3 is 10.2 Å². The third-order valence-corrected chi connectivity index (χ3v) is 4.74. The molecule has 2 aromatic rings. The molecule has 1 atom stereocenters. The standard InChI is InChI=1S/C17H25N5O/c1-10-14(8-13-11(2)20-22(5)16(13)19-10)17(23)18-9-15(21(3)4)12-6-7-12/h8,12,15H,6-7,9H2,1-5H3,(H,18,23)/t15-/m0/s1. The zero-order chi connectivity index (χ0) is 16.7. The Morgan fingerprint density at radius 1 is 1.39 bits per heavy atom. The molecule has 0 unspecified atom stereocenters. The maximum atomic E-state index is 12.6. The van der Waals surface area contributed by atoms with Crippen LogP contribution in [0.1, 0.15) is 34.6 Å². The van der Waals surface area contributed by atoms with E-state index >= 15 is 0 Å². The van der Waals surface area contributed by atoms with E-state index in [2.05, 4.69) is 34.4 Å². The van der Waals surface area contributed by atoms with E-state index in [1.165, 1.54) is 12.8 Å². The molecule has 6 heteroatoms. The number of nitrogens with zero attached hydrogens (tertiary/aromatic N) is 4. The number of amides is 1. The largest absolute Gasteiger partial charge is 0.350 e. The van der Waals surface area contributed by atoms with E-state index in [1.807, 2.05) is 27.0 Å². The van der Waals surface area contributed by atoms with Crippen LogP contribution in [-0.4, -0.2) is 52.3 Å². The summed E-state index contributed by atoms with van der Waals surface area (Å²) in [5.41, 5.74) is 3.10. The number of aryl methyl sites for hydroxylation is 3. The minimum Gasteiger partial charge on any atom is -0.350 e. The average Bonchev–Trinajstić information content (AvgIpc) is 3.26. The molecule has 2 heterocycles. The van der Waals surface area contributed by atoms with Crippen molar-refractivity contribution < 1.29 is 4.79 Å². The van der Waals surface area contributed by atoms with Crippen LogP contribution in [0.5, 0.6) is 0 Å². The average molecular weight is 315 g/mol. The van der Waals surface area contributed by atoms with Gasteiger partial charge in [-0.05, 0) is 52.8 Å². The monoisotopic (exact) mass is 315 g/mol. The van der Waals surface area contributed by atoms with Crippen LogP contribution in [0.2, 0.25) is 0 Å². The van der Waals surface area contributed by atoms with Crippen LogP contribution >= 0.6 is 0 Å². The molecule has 1 aliphatic rings. The highest BCUT2D eigenvalue weighted by molar-refractivity contribution is 5.98. The van der Waals surface area contributed by atoms with Gasteiger partial charge in [0.05, 0.1) is 17.0 Å². The highest BCUT2D eigenvalue weighted by Gasteiger charge is 2.32. The first-order valence-electron chi connectivity index (χ1n) is 8.14. The SMILES string of the molecule is Cc1nc2c(cc1C(=O)NC[C@@H](C1CC1)N(C)C)c(C)nn2C. The predicted molar refractivity (Wildman–Crippen MR) is 90.5 cm³/mol. The smallest absolute Gasteiger partial charge is 0.253 e. The van der Waals surface area contributed by atoms with Gasteiger partial charge in [-0.1, -0.05) is 0 Å². The number of hydrogen-bond acceptors (Lipinski definition) is 4. The van der Waals surface area contributed by atoms with Crippen LogP contribution in [0.3, 0.4) is 0 Å². The third-order valence-electron chi connectivity index (χ3n) is 4.74. The number of aromatic nitrogens is 3. The van der Waals surface area contributed by atoms with Gasteiger partial charge in [0, 0.05) is 25.0 Å². The molecular formula is C17H25N5O. The lowest BCUT2D eigenvalue weighted by Crippen LogP contribution is -2.41. The minimum atomic E-state index is -0.0485. The van der Waals surface area contributed by atoms with Crippen LogP contribution in [0.15, 0.2) is 6.07 Å².